The summed E-state index contributed by atoms with van der Waals surface area (Å²) in [5.74, 6) is 0.789. The molecule has 2 aliphatic rings. The lowest BCUT2D eigenvalue weighted by molar-refractivity contribution is 0.0880. The Morgan fingerprint density at radius 2 is 2.15 bits per heavy atom. The third kappa shape index (κ3) is 5.05. The van der Waals surface area contributed by atoms with E-state index in [1.54, 1.807) is 19.9 Å². The van der Waals surface area contributed by atoms with E-state index in [1.165, 1.54) is 0 Å². The zero-order valence-electron chi connectivity index (χ0n) is 16.1. The van der Waals surface area contributed by atoms with Crippen LogP contribution in [0.4, 0.5) is 10.1 Å². The van der Waals surface area contributed by atoms with Crippen molar-refractivity contribution in [1.29, 1.82) is 0 Å². The van der Waals surface area contributed by atoms with Crippen molar-refractivity contribution in [3.63, 3.8) is 0 Å². The van der Waals surface area contributed by atoms with Gasteiger partial charge in [0, 0.05) is 18.7 Å². The van der Waals surface area contributed by atoms with E-state index in [4.69, 9.17) is 22.1 Å². The number of halogens is 2. The van der Waals surface area contributed by atoms with Crippen LogP contribution in [-0.4, -0.2) is 49.3 Å². The second kappa shape index (κ2) is 8.23. The number of anilines is 1. The van der Waals surface area contributed by atoms with Gasteiger partial charge in [-0.05, 0) is 64.6 Å². The highest BCUT2D eigenvalue weighted by molar-refractivity contribution is 6.33. The first-order chi connectivity index (χ1) is 12.7. The molecule has 0 spiro atoms. The van der Waals surface area contributed by atoms with Crippen LogP contribution in [0.3, 0.4) is 0 Å². The SMILES string of the molecule is CC(C)(F)CN1CCC(CNC(=O)c2cc(Cl)c(N)c3c2OCCC3)CC1. The summed E-state index contributed by atoms with van der Waals surface area (Å²) in [5, 5.41) is 3.41. The van der Waals surface area contributed by atoms with Crippen LogP contribution >= 0.6 is 11.6 Å². The monoisotopic (exact) mass is 397 g/mol. The summed E-state index contributed by atoms with van der Waals surface area (Å²) in [6.07, 6.45) is 3.54. The molecule has 1 aromatic carbocycles. The number of benzene rings is 1. The smallest absolute Gasteiger partial charge is 0.255 e. The molecule has 0 saturated carbocycles. The third-order valence-electron chi connectivity index (χ3n) is 5.29. The largest absolute Gasteiger partial charge is 0.492 e. The van der Waals surface area contributed by atoms with Gasteiger partial charge in [-0.1, -0.05) is 11.6 Å². The molecule has 27 heavy (non-hydrogen) atoms. The second-order valence-corrected chi connectivity index (χ2v) is 8.63. The molecule has 3 rings (SSSR count). The number of hydrogen-bond acceptors (Lipinski definition) is 4. The number of hydrogen-bond donors (Lipinski definition) is 2. The Balaban J connectivity index is 1.57. The van der Waals surface area contributed by atoms with Gasteiger partial charge in [0.1, 0.15) is 11.4 Å². The third-order valence-corrected chi connectivity index (χ3v) is 5.61. The lowest BCUT2D eigenvalue weighted by Gasteiger charge is -2.34. The molecule has 2 heterocycles. The number of alkyl halides is 1. The Bertz CT molecular complexity index is 697. The van der Waals surface area contributed by atoms with Gasteiger partial charge in [-0.15, -0.1) is 0 Å². The summed E-state index contributed by atoms with van der Waals surface area (Å²) >= 11 is 6.22. The number of carbonyl (C=O) groups is 1. The first kappa shape index (κ1) is 20.2. The number of nitrogens with two attached hydrogens (primary N) is 1. The van der Waals surface area contributed by atoms with E-state index in [0.717, 1.165) is 44.3 Å². The molecule has 0 bridgehead atoms. The lowest BCUT2D eigenvalue weighted by atomic mass is 9.95. The number of likely N-dealkylation sites (tertiary alicyclic amines) is 1. The molecule has 0 aliphatic carbocycles. The number of amides is 1. The van der Waals surface area contributed by atoms with Crippen LogP contribution in [0, 0.1) is 5.92 Å². The summed E-state index contributed by atoms with van der Waals surface area (Å²) in [6.45, 7) is 6.58. The molecular formula is C20H29ClFN3O2. The predicted molar refractivity (Wildman–Crippen MR) is 106 cm³/mol. The molecular weight excluding hydrogens is 369 g/mol. The quantitative estimate of drug-likeness (QED) is 0.747. The molecule has 7 heteroatoms. The highest BCUT2D eigenvalue weighted by atomic mass is 35.5. The Hall–Kier alpha value is -1.53. The Labute approximate surface area is 165 Å². The number of nitrogen functional groups attached to an aromatic ring is 1. The minimum absolute atomic E-state index is 0.178. The topological polar surface area (TPSA) is 67.6 Å². The zero-order chi connectivity index (χ0) is 19.6. The minimum atomic E-state index is -1.17. The second-order valence-electron chi connectivity index (χ2n) is 8.23. The summed E-state index contributed by atoms with van der Waals surface area (Å²) in [7, 11) is 0. The summed E-state index contributed by atoms with van der Waals surface area (Å²) in [5.41, 5.74) is 6.67. The van der Waals surface area contributed by atoms with Crippen molar-refractivity contribution in [2.75, 3.05) is 38.5 Å². The molecule has 0 atom stereocenters. The summed E-state index contributed by atoms with van der Waals surface area (Å²) in [6, 6.07) is 1.60. The number of fused-ring (bicyclic) bond motifs is 1. The van der Waals surface area contributed by atoms with E-state index >= 15 is 0 Å². The fraction of sp³-hybridized carbons (Fsp3) is 0.650. The maximum Gasteiger partial charge on any atom is 0.255 e. The van der Waals surface area contributed by atoms with Crippen molar-refractivity contribution in [3.05, 3.63) is 22.2 Å². The number of carbonyl (C=O) groups excluding carboxylic acids is 1. The predicted octanol–water partition coefficient (Wildman–Crippen LogP) is 3.44. The standard InChI is InChI=1S/C20H29ClFN3O2/c1-20(2,22)12-25-7-5-13(6-8-25)11-24-19(26)15-10-16(21)17(23)14-4-3-9-27-18(14)15/h10,13H,3-9,11-12,23H2,1-2H3,(H,24,26). The van der Waals surface area contributed by atoms with Crippen LogP contribution in [0.2, 0.25) is 5.02 Å². The highest BCUT2D eigenvalue weighted by Crippen LogP contribution is 2.38. The number of nitrogens with zero attached hydrogens (tertiary/aromatic N) is 1. The van der Waals surface area contributed by atoms with Crippen LogP contribution < -0.4 is 15.8 Å². The molecule has 5 nitrogen and oxygen atoms in total. The molecule has 1 aromatic rings. The van der Waals surface area contributed by atoms with Gasteiger partial charge in [0.25, 0.3) is 5.91 Å². The number of rotatable bonds is 5. The van der Waals surface area contributed by atoms with Gasteiger partial charge < -0.3 is 20.7 Å². The maximum absolute atomic E-state index is 13.8. The van der Waals surface area contributed by atoms with Crippen molar-refractivity contribution in [2.45, 2.75) is 45.2 Å². The van der Waals surface area contributed by atoms with Crippen LogP contribution in [0.1, 0.15) is 49.0 Å². The summed E-state index contributed by atoms with van der Waals surface area (Å²) < 4.78 is 19.5. The number of ether oxygens (including phenoxy) is 1. The van der Waals surface area contributed by atoms with E-state index in [1.807, 2.05) is 0 Å². The lowest BCUT2D eigenvalue weighted by Crippen LogP contribution is -2.43. The molecule has 1 fully saturated rings. The van der Waals surface area contributed by atoms with Gasteiger partial charge in [0.15, 0.2) is 0 Å². The Morgan fingerprint density at radius 3 is 2.81 bits per heavy atom. The van der Waals surface area contributed by atoms with Crippen molar-refractivity contribution in [3.8, 4) is 5.75 Å². The van der Waals surface area contributed by atoms with E-state index < -0.39 is 5.67 Å². The van der Waals surface area contributed by atoms with Crippen molar-refractivity contribution in [1.82, 2.24) is 10.2 Å². The minimum Gasteiger partial charge on any atom is -0.492 e. The van der Waals surface area contributed by atoms with Crippen molar-refractivity contribution >= 4 is 23.2 Å². The van der Waals surface area contributed by atoms with Gasteiger partial charge in [-0.3, -0.25) is 4.79 Å². The first-order valence-corrected chi connectivity index (χ1v) is 10.1. The van der Waals surface area contributed by atoms with Crippen LogP contribution in [-0.2, 0) is 6.42 Å². The average Bonchev–Trinajstić information content (AvgIpc) is 2.62. The van der Waals surface area contributed by atoms with Crippen molar-refractivity contribution < 1.29 is 13.9 Å². The van der Waals surface area contributed by atoms with E-state index in [2.05, 4.69) is 10.2 Å². The maximum atomic E-state index is 13.8. The molecule has 1 amide bonds. The average molecular weight is 398 g/mol. The zero-order valence-corrected chi connectivity index (χ0v) is 16.9. The van der Waals surface area contributed by atoms with Crippen LogP contribution in [0.25, 0.3) is 0 Å². The first-order valence-electron chi connectivity index (χ1n) is 9.68. The van der Waals surface area contributed by atoms with E-state index in [9.17, 15) is 9.18 Å². The fourth-order valence-electron chi connectivity index (χ4n) is 3.92. The van der Waals surface area contributed by atoms with Gasteiger partial charge >= 0.3 is 0 Å². The van der Waals surface area contributed by atoms with Gasteiger partial charge in [-0.2, -0.15) is 0 Å². The van der Waals surface area contributed by atoms with E-state index in [-0.39, 0.29) is 5.91 Å². The number of piperidine rings is 1. The molecule has 1 saturated heterocycles. The molecule has 3 N–H and O–H groups in total. The van der Waals surface area contributed by atoms with Crippen LogP contribution in [0.5, 0.6) is 5.75 Å². The van der Waals surface area contributed by atoms with Crippen LogP contribution in [0.15, 0.2) is 6.07 Å². The highest BCUT2D eigenvalue weighted by Gasteiger charge is 2.27. The van der Waals surface area contributed by atoms with Gasteiger partial charge in [0.05, 0.1) is 22.9 Å². The van der Waals surface area contributed by atoms with Crippen molar-refractivity contribution in [2.24, 2.45) is 5.92 Å². The molecule has 0 unspecified atom stereocenters. The molecule has 150 valence electrons. The Morgan fingerprint density at radius 1 is 1.44 bits per heavy atom. The number of nitrogens with one attached hydrogen (secondary N) is 1. The molecule has 0 radical (unpaired) electrons. The normalized spacial score (nSPS) is 18.7. The molecule has 0 aromatic heterocycles. The van der Waals surface area contributed by atoms with E-state index in [0.29, 0.717) is 47.6 Å². The molecule has 2 aliphatic heterocycles. The van der Waals surface area contributed by atoms with Gasteiger partial charge in [0.2, 0.25) is 0 Å². The van der Waals surface area contributed by atoms with Gasteiger partial charge in [-0.25, -0.2) is 4.39 Å². The summed E-state index contributed by atoms with van der Waals surface area (Å²) in [4.78, 5) is 14.9. The Kier molecular flexibility index (Phi) is 6.16. The fourth-order valence-corrected chi connectivity index (χ4v) is 4.14.